The summed E-state index contributed by atoms with van der Waals surface area (Å²) in [5.74, 6) is -3.80. The Kier molecular flexibility index (Phi) is 20.8. The number of methoxy groups -OCH3 is 2. The van der Waals surface area contributed by atoms with Crippen LogP contribution in [0.1, 0.15) is 110 Å². The Morgan fingerprint density at radius 3 is 1.43 bits per heavy atom. The Morgan fingerprint density at radius 1 is 0.594 bits per heavy atom. The molecule has 0 spiro atoms. The molecule has 2 fully saturated rings. The number of halogens is 6. The Morgan fingerprint density at radius 2 is 1.02 bits per heavy atom. The van der Waals surface area contributed by atoms with Crippen molar-refractivity contribution in [2.75, 3.05) is 108 Å². The molecule has 4 atom stereocenters. The summed E-state index contributed by atoms with van der Waals surface area (Å²) < 4.78 is 86.0. The van der Waals surface area contributed by atoms with Crippen LogP contribution in [-0.2, 0) is 14.3 Å². The van der Waals surface area contributed by atoms with Crippen molar-refractivity contribution >= 4 is 85.7 Å². The molecule has 2 saturated heterocycles. The lowest BCUT2D eigenvalue weighted by atomic mass is 9.89. The van der Waals surface area contributed by atoms with Crippen LogP contribution >= 0.6 is 23.2 Å². The van der Waals surface area contributed by atoms with Crippen molar-refractivity contribution < 1.29 is 46.2 Å². The second kappa shape index (κ2) is 28.6. The number of aryl methyl sites for hydroxylation is 2. The zero-order valence-corrected chi connectivity index (χ0v) is 61.7. The fourth-order valence-corrected chi connectivity index (χ4v) is 15.1. The standard InChI is InChI=1S/C40H47ClF2N6O5.C36H40ClF2N5O3/c1-21(2)32-33(22(3)14-15-44-32)49-34-24(18-25(41)29(31(34)43)30-26(42)12-11-13-28(30)53-10)35-36(38(49)51)46(17-16-45(8)9)37(50)27-20-47(23(4)19-48(27)35)39(52)54-40(5,6)7;1-19(2)30-31(21(4)13-14-40-30)44-32-22(17-23(37)27(29(32)39)28-24(38)9-8-10-26(28)47-7)33-34(36(44)46)42(16-15-41(5)6)35(45)25-12-11-20(3)18-43(25)33/h11-15,18,21,23,27H,16-17,19-20H2,1-10H3;8-10,13-14,17,19-20,25H,11-12,15-16,18H2,1-7H3/t23-,27-;20-,25+/m10/s1. The molecule has 8 heterocycles. The summed E-state index contributed by atoms with van der Waals surface area (Å²) in [5, 5.41) is 0.419. The van der Waals surface area contributed by atoms with Crippen LogP contribution in [0.5, 0.6) is 11.5 Å². The van der Waals surface area contributed by atoms with E-state index >= 15 is 27.2 Å². The number of ether oxygens (including phenoxy) is 3. The molecule has 8 aromatic rings. The molecule has 19 nitrogen and oxygen atoms in total. The quantitative estimate of drug-likeness (QED) is 0.0942. The van der Waals surface area contributed by atoms with Crippen molar-refractivity contribution in [3.63, 3.8) is 0 Å². The highest BCUT2D eigenvalue weighted by molar-refractivity contribution is 6.35. The fraction of sp³-hybridized carbons (Fsp3) is 0.434. The minimum Gasteiger partial charge on any atom is -0.496 e. The molecule has 0 saturated carbocycles. The van der Waals surface area contributed by atoms with Crippen LogP contribution in [0.15, 0.2) is 82.6 Å². The van der Waals surface area contributed by atoms with Crippen LogP contribution in [0, 0.1) is 43.0 Å². The number of aromatic nitrogens is 4. The van der Waals surface area contributed by atoms with Gasteiger partial charge in [-0.05, 0) is 160 Å². The van der Waals surface area contributed by atoms with Gasteiger partial charge >= 0.3 is 6.09 Å². The number of benzene rings is 4. The van der Waals surface area contributed by atoms with Gasteiger partial charge in [0.25, 0.3) is 17.0 Å². The maximum atomic E-state index is 17.9. The summed E-state index contributed by atoms with van der Waals surface area (Å²) in [4.78, 5) is 94.4. The lowest BCUT2D eigenvalue weighted by Gasteiger charge is -2.50. The first kappa shape index (κ1) is 73.4. The maximum Gasteiger partial charge on any atom is 0.410 e. The van der Waals surface area contributed by atoms with Crippen LogP contribution in [0.25, 0.3) is 55.4 Å². The van der Waals surface area contributed by atoms with Crippen LogP contribution in [-0.4, -0.2) is 164 Å². The number of nitrogens with zero attached hydrogens (tertiary/aromatic N) is 11. The number of pyridine rings is 4. The molecular formula is C76H87Cl2F4N11O8. The third-order valence-corrected chi connectivity index (χ3v) is 19.9. The first-order valence-electron chi connectivity index (χ1n) is 34.0. The lowest BCUT2D eigenvalue weighted by Crippen LogP contribution is -2.67. The van der Waals surface area contributed by atoms with E-state index in [-0.39, 0.29) is 127 Å². The number of rotatable bonds is 14. The van der Waals surface area contributed by atoms with Crippen molar-refractivity contribution in [3.8, 4) is 45.1 Å². The van der Waals surface area contributed by atoms with E-state index in [0.29, 0.717) is 76.7 Å². The largest absolute Gasteiger partial charge is 0.496 e. The minimum absolute atomic E-state index is 0.0443. The van der Waals surface area contributed by atoms with Gasteiger partial charge in [0.2, 0.25) is 5.91 Å². The second-order valence-corrected chi connectivity index (χ2v) is 29.6. The number of carbonyl (C=O) groups excluding carboxylic acids is 3. The predicted octanol–water partition coefficient (Wildman–Crippen LogP) is 14.1. The molecule has 0 bridgehead atoms. The van der Waals surface area contributed by atoms with Crippen molar-refractivity contribution in [2.45, 2.75) is 125 Å². The number of likely N-dealkylation sites (N-methyl/N-ethyl adjacent to an activating group) is 2. The van der Waals surface area contributed by atoms with E-state index < -0.39 is 64.2 Å². The summed E-state index contributed by atoms with van der Waals surface area (Å²) >= 11 is 13.9. The molecule has 4 aliphatic heterocycles. The van der Waals surface area contributed by atoms with E-state index in [1.165, 1.54) is 75.6 Å². The lowest BCUT2D eigenvalue weighted by molar-refractivity contribution is -0.122. The molecular weight excluding hydrogens is 1340 g/mol. The molecule has 4 aliphatic rings. The molecule has 536 valence electrons. The van der Waals surface area contributed by atoms with Gasteiger partial charge in [0.1, 0.15) is 52.2 Å². The molecule has 4 aromatic heterocycles. The molecule has 101 heavy (non-hydrogen) atoms. The second-order valence-electron chi connectivity index (χ2n) is 28.8. The topological polar surface area (TPSA) is 171 Å². The van der Waals surface area contributed by atoms with E-state index in [4.69, 9.17) is 37.4 Å². The highest BCUT2D eigenvalue weighted by atomic mass is 35.5. The average Bonchev–Trinajstić information content (AvgIpc) is 0.705. The normalized spacial score (nSPS) is 17.6. The number of fused-ring (bicyclic) bond motifs is 10. The summed E-state index contributed by atoms with van der Waals surface area (Å²) in [6.45, 7) is 22.5. The first-order valence-corrected chi connectivity index (χ1v) is 34.7. The number of anilines is 4. The number of hydrogen-bond donors (Lipinski definition) is 0. The zero-order valence-electron chi connectivity index (χ0n) is 60.2. The Balaban J connectivity index is 0.000000205. The summed E-state index contributed by atoms with van der Waals surface area (Å²) in [7, 11) is 10.3. The zero-order chi connectivity index (χ0) is 73.4. The Hall–Kier alpha value is -8.77. The highest BCUT2D eigenvalue weighted by Crippen LogP contribution is 2.51. The smallest absolute Gasteiger partial charge is 0.410 e. The number of carbonyl (C=O) groups is 3. The summed E-state index contributed by atoms with van der Waals surface area (Å²) in [5.41, 5.74) is 1.15. The van der Waals surface area contributed by atoms with E-state index in [2.05, 4.69) is 16.9 Å². The van der Waals surface area contributed by atoms with Crippen LogP contribution in [0.4, 0.5) is 45.1 Å². The first-order chi connectivity index (χ1) is 47.7. The van der Waals surface area contributed by atoms with Gasteiger partial charge in [0, 0.05) is 79.6 Å². The van der Waals surface area contributed by atoms with Gasteiger partial charge in [0.15, 0.2) is 11.6 Å². The van der Waals surface area contributed by atoms with Crippen molar-refractivity contribution in [1.29, 1.82) is 0 Å². The number of hydrogen-bond acceptors (Lipinski definition) is 14. The molecule has 0 radical (unpaired) electrons. The van der Waals surface area contributed by atoms with Gasteiger partial charge in [-0.1, -0.05) is 70.0 Å². The monoisotopic (exact) mass is 1430 g/mol. The van der Waals surface area contributed by atoms with Gasteiger partial charge < -0.3 is 48.5 Å². The SMILES string of the molecule is COc1cccc(F)c1-c1c(Cl)cc2c3c(c(=O)n(-c4c(C)ccnc4C(C)C)c2c1F)N(CCN(C)C)C(=O)[C@H]1CC[C@H](C)CN31.COc1cccc(F)c1-c1c(Cl)cc2c3c(c(=O)n(-c4c(C)ccnc4C(C)C)c2c1F)N(CCN(C)C)C(=O)[C@H]1CN(C(=O)OC(C)(C)C)[C@H](C)CN31. The van der Waals surface area contributed by atoms with Crippen LogP contribution in [0.3, 0.4) is 0 Å². The summed E-state index contributed by atoms with van der Waals surface area (Å²) in [6, 6.07) is 13.1. The number of piperidine rings is 1. The van der Waals surface area contributed by atoms with E-state index in [1.54, 1.807) is 68.1 Å². The predicted molar refractivity (Wildman–Crippen MR) is 391 cm³/mol. The van der Waals surface area contributed by atoms with Crippen molar-refractivity contribution in [3.05, 3.63) is 150 Å². The molecule has 0 N–H and O–H groups in total. The molecule has 0 unspecified atom stereocenters. The Labute approximate surface area is 595 Å². The fourth-order valence-electron chi connectivity index (χ4n) is 14.5. The van der Waals surface area contributed by atoms with Crippen LogP contribution in [0.2, 0.25) is 10.0 Å². The molecule has 0 aliphatic carbocycles. The molecule has 3 amide bonds. The highest BCUT2D eigenvalue weighted by Gasteiger charge is 2.50. The van der Waals surface area contributed by atoms with E-state index in [0.717, 1.165) is 6.42 Å². The molecule has 4 aromatic carbocycles. The van der Waals surface area contributed by atoms with E-state index in [9.17, 15) is 14.4 Å². The van der Waals surface area contributed by atoms with Gasteiger partial charge in [-0.15, -0.1) is 0 Å². The van der Waals surface area contributed by atoms with Gasteiger partial charge in [-0.25, -0.2) is 22.4 Å². The maximum absolute atomic E-state index is 17.9. The third-order valence-electron chi connectivity index (χ3n) is 19.3. The molecule has 25 heteroatoms. The van der Waals surface area contributed by atoms with Crippen molar-refractivity contribution in [1.82, 2.24) is 33.8 Å². The van der Waals surface area contributed by atoms with Gasteiger partial charge in [-0.2, -0.15) is 0 Å². The minimum atomic E-state index is -0.951. The van der Waals surface area contributed by atoms with E-state index in [1.807, 2.05) is 84.4 Å². The van der Waals surface area contributed by atoms with Gasteiger partial charge in [0.05, 0.1) is 87.1 Å². The average molecular weight is 1430 g/mol. The Bertz CT molecular complexity index is 4770. The third kappa shape index (κ3) is 13.1. The molecule has 12 rings (SSSR count). The van der Waals surface area contributed by atoms with Crippen LogP contribution < -0.4 is 40.2 Å². The van der Waals surface area contributed by atoms with Gasteiger partial charge in [-0.3, -0.25) is 38.3 Å². The number of amides is 3. The van der Waals surface area contributed by atoms with Crippen molar-refractivity contribution in [2.24, 2.45) is 5.92 Å². The summed E-state index contributed by atoms with van der Waals surface area (Å²) in [6.07, 6.45) is 4.17. The number of piperazine rings is 1.